The predicted octanol–water partition coefficient (Wildman–Crippen LogP) is 1.85. The van der Waals surface area contributed by atoms with Gasteiger partial charge in [-0.1, -0.05) is 26.0 Å². The van der Waals surface area contributed by atoms with Gasteiger partial charge in [0, 0.05) is 31.9 Å². The summed E-state index contributed by atoms with van der Waals surface area (Å²) in [6.45, 7) is 9.28. The van der Waals surface area contributed by atoms with E-state index >= 15 is 0 Å². The molecule has 0 aromatic heterocycles. The molecule has 0 saturated carbocycles. The van der Waals surface area contributed by atoms with Gasteiger partial charge < -0.3 is 15.3 Å². The number of carbonyl (C=O) groups is 1. The van der Waals surface area contributed by atoms with E-state index in [1.807, 2.05) is 0 Å². The van der Waals surface area contributed by atoms with Crippen molar-refractivity contribution in [1.82, 2.24) is 10.2 Å². The minimum absolute atomic E-state index is 0.0776. The molecular weight excluding hydrogens is 302 g/mol. The fraction of sp³-hybridized carbons (Fsp3) is 0.632. The first kappa shape index (κ1) is 18.7. The molecule has 5 heteroatoms. The number of piperidine rings is 1. The molecule has 134 valence electrons. The number of amides is 1. The molecule has 0 radical (unpaired) electrons. The number of aliphatic hydroxyl groups excluding tert-OH is 1. The number of benzene rings is 1. The summed E-state index contributed by atoms with van der Waals surface area (Å²) in [4.78, 5) is 16.4. The topological polar surface area (TPSA) is 55.8 Å². The lowest BCUT2D eigenvalue weighted by Gasteiger charge is -2.33. The van der Waals surface area contributed by atoms with Crippen LogP contribution in [0.25, 0.3) is 0 Å². The van der Waals surface area contributed by atoms with E-state index in [2.05, 4.69) is 53.2 Å². The summed E-state index contributed by atoms with van der Waals surface area (Å²) >= 11 is 0. The maximum absolute atomic E-state index is 11.9. The Morgan fingerprint density at radius 1 is 1.21 bits per heavy atom. The Balaban J connectivity index is 1.79. The Hall–Kier alpha value is -1.59. The number of rotatable bonds is 8. The van der Waals surface area contributed by atoms with E-state index in [1.165, 1.54) is 5.69 Å². The molecule has 1 aliphatic rings. The van der Waals surface area contributed by atoms with Crippen LogP contribution in [0.5, 0.6) is 0 Å². The van der Waals surface area contributed by atoms with Gasteiger partial charge in [0.25, 0.3) is 0 Å². The molecule has 1 amide bonds. The molecule has 5 nitrogen and oxygen atoms in total. The molecule has 1 heterocycles. The molecule has 0 atom stereocenters. The van der Waals surface area contributed by atoms with Crippen molar-refractivity contribution in [2.75, 3.05) is 44.2 Å². The number of likely N-dealkylation sites (N-methyl/N-ethyl adjacent to an activating group) is 1. The highest BCUT2D eigenvalue weighted by molar-refractivity contribution is 5.78. The second kappa shape index (κ2) is 9.64. The van der Waals surface area contributed by atoms with Crippen molar-refractivity contribution in [3.05, 3.63) is 29.8 Å². The van der Waals surface area contributed by atoms with Crippen LogP contribution >= 0.6 is 0 Å². The smallest absolute Gasteiger partial charge is 0.234 e. The molecular formula is C19H31N3O2. The third-order valence-electron chi connectivity index (χ3n) is 4.93. The molecule has 0 aliphatic carbocycles. The Morgan fingerprint density at radius 2 is 1.83 bits per heavy atom. The molecule has 2 N–H and O–H groups in total. The summed E-state index contributed by atoms with van der Waals surface area (Å²) in [6, 6.07) is 8.44. The van der Waals surface area contributed by atoms with Crippen LogP contribution in [0.1, 0.15) is 32.3 Å². The van der Waals surface area contributed by atoms with Crippen molar-refractivity contribution >= 4 is 11.6 Å². The van der Waals surface area contributed by atoms with Gasteiger partial charge in [0.05, 0.1) is 6.54 Å². The van der Waals surface area contributed by atoms with Gasteiger partial charge in [-0.3, -0.25) is 9.69 Å². The van der Waals surface area contributed by atoms with Crippen LogP contribution in [0.2, 0.25) is 0 Å². The second-order valence-corrected chi connectivity index (χ2v) is 6.52. The number of hydrogen-bond acceptors (Lipinski definition) is 4. The first-order valence-electron chi connectivity index (χ1n) is 9.10. The van der Waals surface area contributed by atoms with Crippen LogP contribution in [0, 0.1) is 5.92 Å². The zero-order valence-corrected chi connectivity index (χ0v) is 15.0. The summed E-state index contributed by atoms with van der Waals surface area (Å²) in [6.07, 6.45) is 2.11. The summed E-state index contributed by atoms with van der Waals surface area (Å²) in [5, 5.41) is 12.2. The minimum Gasteiger partial charge on any atom is -0.396 e. The molecule has 1 saturated heterocycles. The van der Waals surface area contributed by atoms with Gasteiger partial charge in [-0.05, 0) is 49.5 Å². The SMILES string of the molecule is CCN(CC)CC(=O)NCc1ccc(N2CCC(CO)CC2)cc1. The number of aliphatic hydroxyl groups is 1. The van der Waals surface area contributed by atoms with Gasteiger partial charge >= 0.3 is 0 Å². The largest absolute Gasteiger partial charge is 0.396 e. The van der Waals surface area contributed by atoms with Gasteiger partial charge in [0.15, 0.2) is 0 Å². The predicted molar refractivity (Wildman–Crippen MR) is 98.1 cm³/mol. The highest BCUT2D eigenvalue weighted by atomic mass is 16.3. The van der Waals surface area contributed by atoms with Gasteiger partial charge in [0.1, 0.15) is 0 Å². The monoisotopic (exact) mass is 333 g/mol. The van der Waals surface area contributed by atoms with Crippen molar-refractivity contribution < 1.29 is 9.90 Å². The normalized spacial score (nSPS) is 15.8. The third-order valence-corrected chi connectivity index (χ3v) is 4.93. The van der Waals surface area contributed by atoms with Gasteiger partial charge in [-0.15, -0.1) is 0 Å². The fourth-order valence-corrected chi connectivity index (χ4v) is 3.11. The molecule has 0 bridgehead atoms. The minimum atomic E-state index is 0.0776. The van der Waals surface area contributed by atoms with Gasteiger partial charge in [0.2, 0.25) is 5.91 Å². The molecule has 24 heavy (non-hydrogen) atoms. The van der Waals surface area contributed by atoms with E-state index in [9.17, 15) is 9.90 Å². The van der Waals surface area contributed by atoms with Crippen LogP contribution in [-0.2, 0) is 11.3 Å². The van der Waals surface area contributed by atoms with E-state index in [4.69, 9.17) is 0 Å². The first-order valence-corrected chi connectivity index (χ1v) is 9.10. The van der Waals surface area contributed by atoms with Gasteiger partial charge in [-0.25, -0.2) is 0 Å². The summed E-state index contributed by atoms with van der Waals surface area (Å²) in [7, 11) is 0. The Kier molecular flexibility index (Phi) is 7.53. The van der Waals surface area contributed by atoms with Crippen molar-refractivity contribution in [3.8, 4) is 0 Å². The summed E-state index contributed by atoms with van der Waals surface area (Å²) in [5.74, 6) is 0.537. The van der Waals surface area contributed by atoms with E-state index in [0.29, 0.717) is 25.6 Å². The molecule has 0 unspecified atom stereocenters. The average molecular weight is 333 g/mol. The highest BCUT2D eigenvalue weighted by Crippen LogP contribution is 2.23. The number of nitrogens with zero attached hydrogens (tertiary/aromatic N) is 2. The van der Waals surface area contributed by atoms with Crippen LogP contribution in [0.4, 0.5) is 5.69 Å². The lowest BCUT2D eigenvalue weighted by atomic mass is 9.97. The molecule has 1 aromatic carbocycles. The molecule has 1 fully saturated rings. The van der Waals surface area contributed by atoms with Gasteiger partial charge in [-0.2, -0.15) is 0 Å². The lowest BCUT2D eigenvalue weighted by Crippen LogP contribution is -2.36. The van der Waals surface area contributed by atoms with Crippen LogP contribution < -0.4 is 10.2 Å². The Bertz CT molecular complexity index is 492. The van der Waals surface area contributed by atoms with Crippen LogP contribution in [-0.4, -0.2) is 55.2 Å². The molecule has 1 aliphatic heterocycles. The zero-order chi connectivity index (χ0) is 17.4. The highest BCUT2D eigenvalue weighted by Gasteiger charge is 2.18. The fourth-order valence-electron chi connectivity index (χ4n) is 3.11. The summed E-state index contributed by atoms with van der Waals surface area (Å²) in [5.41, 5.74) is 2.35. The Morgan fingerprint density at radius 3 is 2.38 bits per heavy atom. The standard InChI is InChI=1S/C19H31N3O2/c1-3-21(4-2)14-19(24)20-13-16-5-7-18(8-6-16)22-11-9-17(15-23)10-12-22/h5-8,17,23H,3-4,9-15H2,1-2H3,(H,20,24). The Labute approximate surface area is 145 Å². The van der Waals surface area contributed by atoms with E-state index in [0.717, 1.165) is 44.6 Å². The number of nitrogens with one attached hydrogen (secondary N) is 1. The van der Waals surface area contributed by atoms with Crippen molar-refractivity contribution in [3.63, 3.8) is 0 Å². The first-order chi connectivity index (χ1) is 11.7. The van der Waals surface area contributed by atoms with Crippen molar-refractivity contribution in [2.24, 2.45) is 5.92 Å². The molecule has 1 aromatic rings. The van der Waals surface area contributed by atoms with Crippen LogP contribution in [0.15, 0.2) is 24.3 Å². The zero-order valence-electron chi connectivity index (χ0n) is 15.0. The van der Waals surface area contributed by atoms with Crippen molar-refractivity contribution in [1.29, 1.82) is 0 Å². The lowest BCUT2D eigenvalue weighted by molar-refractivity contribution is -0.122. The number of anilines is 1. The maximum Gasteiger partial charge on any atom is 0.234 e. The molecule has 2 rings (SSSR count). The average Bonchev–Trinajstić information content (AvgIpc) is 2.65. The second-order valence-electron chi connectivity index (χ2n) is 6.52. The maximum atomic E-state index is 11.9. The molecule has 0 spiro atoms. The number of carbonyl (C=O) groups excluding carboxylic acids is 1. The third kappa shape index (κ3) is 5.49. The number of hydrogen-bond donors (Lipinski definition) is 2. The van der Waals surface area contributed by atoms with Crippen molar-refractivity contribution in [2.45, 2.75) is 33.2 Å². The van der Waals surface area contributed by atoms with E-state index in [1.54, 1.807) is 0 Å². The summed E-state index contributed by atoms with van der Waals surface area (Å²) < 4.78 is 0. The van der Waals surface area contributed by atoms with Crippen LogP contribution in [0.3, 0.4) is 0 Å². The van der Waals surface area contributed by atoms with E-state index in [-0.39, 0.29) is 5.91 Å². The quantitative estimate of drug-likeness (QED) is 0.762. The van der Waals surface area contributed by atoms with E-state index < -0.39 is 0 Å².